The Hall–Kier alpha value is -2.17. The van der Waals surface area contributed by atoms with Crippen LogP contribution in [-0.2, 0) is 12.6 Å². The highest BCUT2D eigenvalue weighted by Crippen LogP contribution is 2.38. The summed E-state index contributed by atoms with van der Waals surface area (Å²) in [4.78, 5) is 16.2. The Labute approximate surface area is 119 Å². The second-order valence-corrected chi connectivity index (χ2v) is 5.07. The van der Waals surface area contributed by atoms with Crippen LogP contribution >= 0.6 is 0 Å². The molecule has 2 nitrogen and oxygen atoms in total. The van der Waals surface area contributed by atoms with Crippen LogP contribution < -0.4 is 0 Å². The lowest BCUT2D eigenvalue weighted by atomic mass is 9.91. The highest BCUT2D eigenvalue weighted by Gasteiger charge is 2.38. The largest absolute Gasteiger partial charge is 0.417 e. The standard InChI is InChI=1S/C16H12F3NO/c17-16(18,19)14-7-8-20-9-13(14)15(21)12-6-5-10-3-1-2-4-11(10)12/h1-4,7-9,12H,5-6H2. The third-order valence-electron chi connectivity index (χ3n) is 3.84. The molecular formula is C16H12F3NO. The topological polar surface area (TPSA) is 30.0 Å². The number of pyridine rings is 1. The molecule has 3 rings (SSSR count). The fourth-order valence-electron chi connectivity index (χ4n) is 2.86. The normalized spacial score (nSPS) is 17.6. The van der Waals surface area contributed by atoms with Gasteiger partial charge in [-0.3, -0.25) is 9.78 Å². The minimum Gasteiger partial charge on any atom is -0.293 e. The third-order valence-corrected chi connectivity index (χ3v) is 3.84. The minimum atomic E-state index is -4.55. The van der Waals surface area contributed by atoms with Gasteiger partial charge >= 0.3 is 6.18 Å². The second-order valence-electron chi connectivity index (χ2n) is 5.07. The second kappa shape index (κ2) is 4.98. The summed E-state index contributed by atoms with van der Waals surface area (Å²) in [7, 11) is 0. The van der Waals surface area contributed by atoms with E-state index in [1.807, 2.05) is 18.2 Å². The van der Waals surface area contributed by atoms with Gasteiger partial charge in [0.2, 0.25) is 0 Å². The predicted octanol–water partition coefficient (Wildman–Crippen LogP) is 4.01. The number of rotatable bonds is 2. The lowest BCUT2D eigenvalue weighted by Crippen LogP contribution is -2.17. The third kappa shape index (κ3) is 2.44. The van der Waals surface area contributed by atoms with Crippen LogP contribution in [0.3, 0.4) is 0 Å². The maximum atomic E-state index is 13.0. The number of ketones is 1. The van der Waals surface area contributed by atoms with Crippen molar-refractivity contribution >= 4 is 5.78 Å². The Morgan fingerprint density at radius 3 is 2.71 bits per heavy atom. The van der Waals surface area contributed by atoms with Crippen molar-refractivity contribution in [3.05, 3.63) is 65.0 Å². The number of hydrogen-bond donors (Lipinski definition) is 0. The monoisotopic (exact) mass is 291 g/mol. The van der Waals surface area contributed by atoms with E-state index in [-0.39, 0.29) is 5.56 Å². The zero-order valence-electron chi connectivity index (χ0n) is 11.0. The summed E-state index contributed by atoms with van der Waals surface area (Å²) in [6.07, 6.45) is -1.21. The summed E-state index contributed by atoms with van der Waals surface area (Å²) >= 11 is 0. The summed E-state index contributed by atoms with van der Waals surface area (Å²) in [5, 5.41) is 0. The Morgan fingerprint density at radius 2 is 1.95 bits per heavy atom. The maximum absolute atomic E-state index is 13.0. The number of aromatic nitrogens is 1. The first-order valence-corrected chi connectivity index (χ1v) is 6.61. The lowest BCUT2D eigenvalue weighted by molar-refractivity contribution is -0.138. The van der Waals surface area contributed by atoms with Gasteiger partial charge < -0.3 is 0 Å². The molecule has 0 N–H and O–H groups in total. The molecule has 1 aliphatic rings. The number of nitrogens with zero attached hydrogens (tertiary/aromatic N) is 1. The Kier molecular flexibility index (Phi) is 3.27. The molecule has 1 aliphatic carbocycles. The van der Waals surface area contributed by atoms with Crippen LogP contribution in [0.2, 0.25) is 0 Å². The minimum absolute atomic E-state index is 0.341. The van der Waals surface area contributed by atoms with Crippen molar-refractivity contribution in [2.45, 2.75) is 24.9 Å². The van der Waals surface area contributed by atoms with Crippen LogP contribution in [0.5, 0.6) is 0 Å². The smallest absolute Gasteiger partial charge is 0.293 e. The molecular weight excluding hydrogens is 279 g/mol. The molecule has 0 aliphatic heterocycles. The van der Waals surface area contributed by atoms with Gasteiger partial charge in [0.1, 0.15) is 0 Å². The number of carbonyl (C=O) groups excluding carboxylic acids is 1. The SMILES string of the molecule is O=C(c1cnccc1C(F)(F)F)C1CCc2ccccc21. The van der Waals surface area contributed by atoms with Crippen LogP contribution in [0.4, 0.5) is 13.2 Å². The fraction of sp³-hybridized carbons (Fsp3) is 0.250. The van der Waals surface area contributed by atoms with Gasteiger partial charge in [0.15, 0.2) is 5.78 Å². The van der Waals surface area contributed by atoms with E-state index in [0.717, 1.165) is 29.6 Å². The summed E-state index contributed by atoms with van der Waals surface area (Å²) in [6.45, 7) is 0. The van der Waals surface area contributed by atoms with Crippen molar-refractivity contribution < 1.29 is 18.0 Å². The van der Waals surface area contributed by atoms with E-state index < -0.39 is 23.4 Å². The first-order chi connectivity index (χ1) is 9.98. The Bertz CT molecular complexity index is 694. The van der Waals surface area contributed by atoms with E-state index in [0.29, 0.717) is 12.8 Å². The Balaban J connectivity index is 2.02. The number of halogens is 3. The first-order valence-electron chi connectivity index (χ1n) is 6.61. The molecule has 1 heterocycles. The van der Waals surface area contributed by atoms with Crippen LogP contribution in [0.25, 0.3) is 0 Å². The molecule has 2 aromatic rings. The molecule has 1 aromatic heterocycles. The van der Waals surface area contributed by atoms with Gasteiger partial charge in [-0.15, -0.1) is 0 Å². The van der Waals surface area contributed by atoms with Crippen LogP contribution in [0.1, 0.15) is 39.4 Å². The van der Waals surface area contributed by atoms with Crippen molar-refractivity contribution in [2.75, 3.05) is 0 Å². The summed E-state index contributed by atoms with van der Waals surface area (Å²) in [6, 6.07) is 8.26. The highest BCUT2D eigenvalue weighted by molar-refractivity contribution is 6.02. The zero-order chi connectivity index (χ0) is 15.0. The van der Waals surface area contributed by atoms with Crippen LogP contribution in [0.15, 0.2) is 42.7 Å². The molecule has 1 aromatic carbocycles. The molecule has 108 valence electrons. The van der Waals surface area contributed by atoms with Gasteiger partial charge in [-0.05, 0) is 30.0 Å². The molecule has 21 heavy (non-hydrogen) atoms. The zero-order valence-corrected chi connectivity index (χ0v) is 11.0. The molecule has 1 unspecified atom stereocenters. The van der Waals surface area contributed by atoms with Gasteiger partial charge in [0.25, 0.3) is 0 Å². The molecule has 0 saturated heterocycles. The number of benzene rings is 1. The van der Waals surface area contributed by atoms with Crippen molar-refractivity contribution in [2.24, 2.45) is 0 Å². The van der Waals surface area contributed by atoms with Crippen LogP contribution in [0, 0.1) is 0 Å². The van der Waals surface area contributed by atoms with Crippen molar-refractivity contribution in [3.63, 3.8) is 0 Å². The molecule has 0 saturated carbocycles. The van der Waals surface area contributed by atoms with Crippen molar-refractivity contribution in [1.29, 1.82) is 0 Å². The van der Waals surface area contributed by atoms with E-state index in [9.17, 15) is 18.0 Å². The molecule has 5 heteroatoms. The van der Waals surface area contributed by atoms with E-state index in [4.69, 9.17) is 0 Å². The number of Topliss-reactive ketones (excluding diaryl/α,β-unsaturated/α-hetero) is 1. The quantitative estimate of drug-likeness (QED) is 0.782. The van der Waals surface area contributed by atoms with Gasteiger partial charge in [-0.1, -0.05) is 24.3 Å². The van der Waals surface area contributed by atoms with Crippen LogP contribution in [-0.4, -0.2) is 10.8 Å². The first kappa shape index (κ1) is 13.8. The van der Waals surface area contributed by atoms with E-state index in [2.05, 4.69) is 4.98 Å². The Morgan fingerprint density at radius 1 is 1.19 bits per heavy atom. The molecule has 0 radical (unpaired) electrons. The van der Waals surface area contributed by atoms with E-state index in [1.54, 1.807) is 6.07 Å². The predicted molar refractivity (Wildman–Crippen MR) is 71.1 cm³/mol. The molecule has 0 amide bonds. The number of fused-ring (bicyclic) bond motifs is 1. The number of carbonyl (C=O) groups is 1. The molecule has 1 atom stereocenters. The molecule has 0 spiro atoms. The number of aryl methyl sites for hydroxylation is 1. The molecule has 0 fully saturated rings. The average molecular weight is 291 g/mol. The van der Waals surface area contributed by atoms with Crippen molar-refractivity contribution in [3.8, 4) is 0 Å². The maximum Gasteiger partial charge on any atom is 0.417 e. The van der Waals surface area contributed by atoms with Crippen molar-refractivity contribution in [1.82, 2.24) is 4.98 Å². The summed E-state index contributed by atoms with van der Waals surface area (Å²) in [5.41, 5.74) is 0.617. The number of hydrogen-bond acceptors (Lipinski definition) is 2. The van der Waals surface area contributed by atoms with E-state index in [1.165, 1.54) is 0 Å². The summed E-state index contributed by atoms with van der Waals surface area (Å²) in [5.74, 6) is -1.01. The fourth-order valence-corrected chi connectivity index (χ4v) is 2.86. The molecule has 0 bridgehead atoms. The van der Waals surface area contributed by atoms with Gasteiger partial charge in [0.05, 0.1) is 5.56 Å². The summed E-state index contributed by atoms with van der Waals surface area (Å²) < 4.78 is 39.0. The average Bonchev–Trinajstić information content (AvgIpc) is 2.89. The van der Waals surface area contributed by atoms with Gasteiger partial charge in [0, 0.05) is 23.9 Å². The van der Waals surface area contributed by atoms with Gasteiger partial charge in [-0.25, -0.2) is 0 Å². The number of alkyl halides is 3. The van der Waals surface area contributed by atoms with Gasteiger partial charge in [-0.2, -0.15) is 13.2 Å². The lowest BCUT2D eigenvalue weighted by Gasteiger charge is -2.15. The highest BCUT2D eigenvalue weighted by atomic mass is 19.4. The van der Waals surface area contributed by atoms with E-state index >= 15 is 0 Å².